The number of aliphatic carboxylic acids is 1. The highest BCUT2D eigenvalue weighted by atomic mass is 19.1. The van der Waals surface area contributed by atoms with Crippen molar-refractivity contribution in [1.29, 1.82) is 5.26 Å². The Morgan fingerprint density at radius 2 is 1.27 bits per heavy atom. The largest absolute Gasteiger partial charge is 0.505 e. The van der Waals surface area contributed by atoms with Crippen molar-refractivity contribution in [2.45, 2.75) is 39.7 Å². The van der Waals surface area contributed by atoms with E-state index < -0.39 is 69.1 Å². The molecule has 4 aromatic heterocycles. The molecule has 2 aliphatic heterocycles. The lowest BCUT2D eigenvalue weighted by Gasteiger charge is -2.23. The number of ether oxygens (including phenoxy) is 4. The Hall–Kier alpha value is -9.71. The second-order valence-corrected chi connectivity index (χ2v) is 16.0. The number of carboxylic acid groups (broad SMARTS) is 1. The predicted octanol–water partition coefficient (Wildman–Crippen LogP) is 5.96. The van der Waals surface area contributed by atoms with Crippen LogP contribution in [-0.4, -0.2) is 72.8 Å². The number of hydrogen-bond donors (Lipinski definition) is 4. The van der Waals surface area contributed by atoms with Gasteiger partial charge in [-0.3, -0.25) is 38.3 Å². The van der Waals surface area contributed by atoms with Gasteiger partial charge in [0.15, 0.2) is 28.6 Å². The van der Waals surface area contributed by atoms with E-state index >= 15 is 0 Å². The Labute approximate surface area is 411 Å². The molecule has 9 rings (SSSR count). The average molecular weight is 994 g/mol. The third kappa shape index (κ3) is 10.3. The molecule has 2 amide bonds. The minimum atomic E-state index is -1.41. The van der Waals surface area contributed by atoms with Crippen LogP contribution >= 0.6 is 0 Å². The molecule has 0 unspecified atom stereocenters. The number of benzene rings is 3. The monoisotopic (exact) mass is 993 g/mol. The first-order valence-corrected chi connectivity index (χ1v) is 22.4. The summed E-state index contributed by atoms with van der Waals surface area (Å²) >= 11 is 0. The molecule has 370 valence electrons. The van der Waals surface area contributed by atoms with E-state index in [1.54, 1.807) is 38.1 Å². The van der Waals surface area contributed by atoms with Crippen LogP contribution in [0, 0.1) is 23.0 Å². The van der Waals surface area contributed by atoms with Gasteiger partial charge in [0, 0.05) is 49.5 Å². The van der Waals surface area contributed by atoms with Crippen LogP contribution in [0.1, 0.15) is 68.8 Å². The van der Waals surface area contributed by atoms with Gasteiger partial charge >= 0.3 is 11.9 Å². The van der Waals surface area contributed by atoms with Gasteiger partial charge in [-0.25, -0.2) is 18.4 Å². The number of nitrogens with one attached hydrogen (secondary N) is 2. The molecule has 0 aliphatic carbocycles. The van der Waals surface area contributed by atoms with E-state index in [1.165, 1.54) is 36.7 Å². The average Bonchev–Trinajstić information content (AvgIpc) is 3.38. The van der Waals surface area contributed by atoms with Crippen molar-refractivity contribution in [2.24, 2.45) is 0 Å². The number of likely N-dealkylation sites (N-methyl/N-ethyl adjacent to an activating group) is 1. The number of halogens is 2. The van der Waals surface area contributed by atoms with Gasteiger partial charge in [-0.2, -0.15) is 5.26 Å². The fourth-order valence-electron chi connectivity index (χ4n) is 7.82. The molecular weight excluding hydrogens is 953 g/mol. The van der Waals surface area contributed by atoms with E-state index in [0.29, 0.717) is 28.8 Å². The van der Waals surface area contributed by atoms with Gasteiger partial charge < -0.3 is 39.8 Å². The fourth-order valence-corrected chi connectivity index (χ4v) is 7.82. The number of rotatable bonds is 15. The Kier molecular flexibility index (Phi) is 14.6. The van der Waals surface area contributed by atoms with Crippen LogP contribution in [0.4, 0.5) is 8.78 Å². The predicted molar refractivity (Wildman–Crippen MR) is 257 cm³/mol. The molecule has 7 aromatic rings. The van der Waals surface area contributed by atoms with Crippen LogP contribution in [0.2, 0.25) is 0 Å². The molecule has 6 heterocycles. The zero-order chi connectivity index (χ0) is 51.9. The van der Waals surface area contributed by atoms with E-state index in [1.807, 2.05) is 36.4 Å². The van der Waals surface area contributed by atoms with Crippen molar-refractivity contribution < 1.29 is 57.1 Å². The topological polar surface area (TPSA) is 263 Å². The summed E-state index contributed by atoms with van der Waals surface area (Å²) in [6, 6.07) is 22.5. The maximum atomic E-state index is 13.6. The summed E-state index contributed by atoms with van der Waals surface area (Å²) in [5.41, 5.74) is 0.634. The van der Waals surface area contributed by atoms with Crippen molar-refractivity contribution in [2.75, 3.05) is 19.7 Å². The number of amides is 2. The zero-order valence-electron chi connectivity index (χ0n) is 38.7. The standard InChI is InChI=1S/C28H21FN2O7.C24H20FN5O5/c1-2-36-28(35)21-25(37-15-17-6-4-3-5-7-17)22-23-24(38-20(27(33)34)14-31(23)26(21)32)18(13-30-22)12-16-8-10-19(29)11-9-16;1-2-27-22(32)16-12-30-19-18(20(31)17(24(30)34)23(33)28-9-3-8-26)29-11-14(21(19)35-16)10-13-4-6-15(25)7-5-13/h3-11,13-14H,2,12,15H2,1H3,(H,33,34);4-7,11-12,31H,2-3,9-10H2,1H3,(H,27,32)(H,28,33). The summed E-state index contributed by atoms with van der Waals surface area (Å²) in [6.45, 7) is 3.62. The minimum Gasteiger partial charge on any atom is -0.505 e. The lowest BCUT2D eigenvalue weighted by molar-refractivity contribution is -0.135. The van der Waals surface area contributed by atoms with Gasteiger partial charge in [-0.15, -0.1) is 0 Å². The van der Waals surface area contributed by atoms with Crippen LogP contribution in [0.3, 0.4) is 0 Å². The number of carbonyl (C=O) groups excluding carboxylic acids is 3. The summed E-state index contributed by atoms with van der Waals surface area (Å²) in [6.07, 6.45) is 5.42. The van der Waals surface area contributed by atoms with Crippen molar-refractivity contribution >= 4 is 58.2 Å². The normalized spacial score (nSPS) is 11.9. The highest BCUT2D eigenvalue weighted by Crippen LogP contribution is 2.40. The van der Waals surface area contributed by atoms with Crippen molar-refractivity contribution in [3.63, 3.8) is 0 Å². The number of hydrogen-bond acceptors (Lipinski definition) is 14. The Morgan fingerprint density at radius 3 is 1.84 bits per heavy atom. The lowest BCUT2D eigenvalue weighted by Crippen LogP contribution is -2.35. The molecule has 0 radical (unpaired) electrons. The van der Waals surface area contributed by atoms with Gasteiger partial charge in [-0.1, -0.05) is 54.6 Å². The molecule has 0 bridgehead atoms. The molecule has 21 heteroatoms. The van der Waals surface area contributed by atoms with Crippen LogP contribution < -0.4 is 36.0 Å². The fraction of sp³-hybridized carbons (Fsp3) is 0.173. The second-order valence-electron chi connectivity index (χ2n) is 16.0. The van der Waals surface area contributed by atoms with Crippen LogP contribution in [0.15, 0.2) is 112 Å². The Bertz CT molecular complexity index is 3590. The second kappa shape index (κ2) is 21.5. The van der Waals surface area contributed by atoms with E-state index in [0.717, 1.165) is 27.1 Å². The molecule has 4 N–H and O–H groups in total. The first-order chi connectivity index (χ1) is 35.2. The molecule has 19 nitrogen and oxygen atoms in total. The lowest BCUT2D eigenvalue weighted by atomic mass is 10.0. The molecule has 0 atom stereocenters. The number of aromatic hydroxyl groups is 1. The molecule has 0 fully saturated rings. The summed E-state index contributed by atoms with van der Waals surface area (Å²) in [7, 11) is 0. The third-order valence-electron chi connectivity index (χ3n) is 11.2. The number of carboxylic acids is 1. The van der Waals surface area contributed by atoms with Gasteiger partial charge in [0.2, 0.25) is 11.5 Å². The molecule has 0 spiro atoms. The summed E-state index contributed by atoms with van der Waals surface area (Å²) in [4.78, 5) is 85.7. The van der Waals surface area contributed by atoms with E-state index in [4.69, 9.17) is 24.2 Å². The van der Waals surface area contributed by atoms with E-state index in [9.17, 15) is 47.8 Å². The maximum Gasteiger partial charge on any atom is 0.373 e. The molecule has 0 saturated carbocycles. The molecule has 73 heavy (non-hydrogen) atoms. The quantitative estimate of drug-likeness (QED) is 0.0682. The van der Waals surface area contributed by atoms with E-state index in [2.05, 4.69) is 20.6 Å². The summed E-state index contributed by atoms with van der Waals surface area (Å²) < 4.78 is 51.5. The summed E-state index contributed by atoms with van der Waals surface area (Å²) in [5.74, 6) is -5.92. The van der Waals surface area contributed by atoms with Gasteiger partial charge in [0.1, 0.15) is 45.9 Å². The first-order valence-electron chi connectivity index (χ1n) is 22.4. The highest BCUT2D eigenvalue weighted by molar-refractivity contribution is 6.05. The molecular formula is C52H41F2N7O12. The third-order valence-corrected chi connectivity index (χ3v) is 11.2. The van der Waals surface area contributed by atoms with Crippen LogP contribution in [0.5, 0.6) is 23.0 Å². The maximum absolute atomic E-state index is 13.6. The smallest absolute Gasteiger partial charge is 0.373 e. The SMILES string of the molecule is CCNC(=O)C1=Cn2c(=O)c(C(=O)NCCC#N)c(O)c3ncc(Cc4ccc(F)cc4)c(c32)O1.CCOC(=O)c1c(OCc2ccccc2)c2ncc(Cc3ccc(F)cc3)c3c2n(c1=O)C=C(C(=O)O)O3. The zero-order valence-corrected chi connectivity index (χ0v) is 38.7. The highest BCUT2D eigenvalue weighted by Gasteiger charge is 2.33. The van der Waals surface area contributed by atoms with Gasteiger partial charge in [0.25, 0.3) is 22.9 Å². The number of nitrogens with zero attached hydrogens (tertiary/aromatic N) is 5. The van der Waals surface area contributed by atoms with Crippen molar-refractivity contribution in [3.8, 4) is 29.1 Å². The summed E-state index contributed by atoms with van der Waals surface area (Å²) in [5, 5.41) is 34.2. The minimum absolute atomic E-state index is 0.00302. The molecule has 3 aromatic carbocycles. The Balaban J connectivity index is 0.000000196. The Morgan fingerprint density at radius 1 is 0.726 bits per heavy atom. The molecule has 0 saturated heterocycles. The number of nitriles is 1. The number of pyridine rings is 4. The van der Waals surface area contributed by atoms with Crippen LogP contribution in [0.25, 0.3) is 34.5 Å². The van der Waals surface area contributed by atoms with Crippen molar-refractivity contribution in [1.82, 2.24) is 29.7 Å². The van der Waals surface area contributed by atoms with Gasteiger partial charge in [0.05, 0.1) is 31.5 Å². The molecule has 2 aliphatic rings. The van der Waals surface area contributed by atoms with Crippen LogP contribution in [-0.2, 0) is 33.8 Å². The number of carbonyl (C=O) groups is 4. The van der Waals surface area contributed by atoms with E-state index in [-0.39, 0.29) is 84.1 Å². The van der Waals surface area contributed by atoms with Crippen molar-refractivity contribution in [3.05, 3.63) is 174 Å². The number of aromatic nitrogens is 4. The first kappa shape index (κ1) is 49.7. The van der Waals surface area contributed by atoms with Gasteiger partial charge in [-0.05, 0) is 54.8 Å². The number of esters is 1.